The molecule has 0 saturated carbocycles. The lowest BCUT2D eigenvalue weighted by molar-refractivity contribution is -0.150. The maximum absolute atomic E-state index is 13.2. The molecule has 3 aliphatic heterocycles. The molecule has 0 spiro atoms. The molecule has 3 aliphatic rings. The highest BCUT2D eigenvalue weighted by Crippen LogP contribution is 2.34. The Morgan fingerprint density at radius 1 is 1.06 bits per heavy atom. The highest BCUT2D eigenvalue weighted by Gasteiger charge is 2.48. The number of benzene rings is 1. The van der Waals surface area contributed by atoms with Crippen molar-refractivity contribution in [2.75, 3.05) is 13.1 Å². The average molecular weight is 435 g/mol. The number of aromatic nitrogens is 2. The van der Waals surface area contributed by atoms with Gasteiger partial charge in [-0.3, -0.25) is 29.4 Å². The Bertz CT molecular complexity index is 1140. The topological polar surface area (TPSA) is 126 Å². The lowest BCUT2D eigenvalue weighted by atomic mass is 10.0. The summed E-state index contributed by atoms with van der Waals surface area (Å²) in [5.74, 6) is -0.971. The van der Waals surface area contributed by atoms with E-state index >= 15 is 0 Å². The second-order valence-electron chi connectivity index (χ2n) is 7.99. The molecule has 0 bridgehead atoms. The first-order chi connectivity index (χ1) is 15.5. The fourth-order valence-corrected chi connectivity index (χ4v) is 4.42. The van der Waals surface area contributed by atoms with Crippen molar-refractivity contribution in [3.05, 3.63) is 47.5 Å². The van der Waals surface area contributed by atoms with E-state index in [1.54, 1.807) is 0 Å². The number of imide groups is 2. The van der Waals surface area contributed by atoms with Gasteiger partial charge in [-0.2, -0.15) is 4.98 Å². The van der Waals surface area contributed by atoms with Crippen molar-refractivity contribution < 1.29 is 23.7 Å². The monoisotopic (exact) mass is 435 g/mol. The molecule has 0 aliphatic carbocycles. The Balaban J connectivity index is 1.31. The van der Waals surface area contributed by atoms with Crippen LogP contribution < -0.4 is 5.32 Å². The molecule has 1 N–H and O–H groups in total. The fraction of sp³-hybridized carbons (Fsp3) is 0.364. The van der Waals surface area contributed by atoms with Crippen LogP contribution in [0.25, 0.3) is 11.4 Å². The van der Waals surface area contributed by atoms with Gasteiger partial charge >= 0.3 is 0 Å². The van der Waals surface area contributed by atoms with Crippen molar-refractivity contribution in [3.63, 3.8) is 0 Å². The quantitative estimate of drug-likeness (QED) is 0.684. The zero-order valence-corrected chi connectivity index (χ0v) is 17.2. The molecule has 2 aromatic rings. The molecule has 1 aromatic heterocycles. The van der Waals surface area contributed by atoms with Crippen LogP contribution in [0.1, 0.15) is 31.6 Å². The van der Waals surface area contributed by atoms with Gasteiger partial charge in [0.2, 0.25) is 23.5 Å². The van der Waals surface area contributed by atoms with Crippen LogP contribution in [0.5, 0.6) is 0 Å². The van der Waals surface area contributed by atoms with Gasteiger partial charge in [0.1, 0.15) is 11.7 Å². The van der Waals surface area contributed by atoms with E-state index in [0.717, 1.165) is 16.9 Å². The van der Waals surface area contributed by atoms with E-state index in [-0.39, 0.29) is 18.7 Å². The predicted octanol–water partition coefficient (Wildman–Crippen LogP) is 0.803. The van der Waals surface area contributed by atoms with Crippen LogP contribution in [0.15, 0.2) is 46.1 Å². The van der Waals surface area contributed by atoms with Gasteiger partial charge in [0.15, 0.2) is 0 Å². The second kappa shape index (κ2) is 8.03. The molecule has 164 valence electrons. The summed E-state index contributed by atoms with van der Waals surface area (Å²) in [6.45, 7) is 1.04. The Labute approximate surface area is 183 Å². The lowest BCUT2D eigenvalue weighted by Crippen LogP contribution is -2.55. The van der Waals surface area contributed by atoms with Crippen LogP contribution in [0.4, 0.5) is 0 Å². The highest BCUT2D eigenvalue weighted by molar-refractivity contribution is 6.21. The summed E-state index contributed by atoms with van der Waals surface area (Å²) >= 11 is 0. The van der Waals surface area contributed by atoms with E-state index in [4.69, 9.17) is 4.52 Å². The third-order valence-corrected chi connectivity index (χ3v) is 5.97. The summed E-state index contributed by atoms with van der Waals surface area (Å²) in [6, 6.07) is 8.52. The number of carbonyl (C=O) groups is 4. The number of nitrogens with one attached hydrogen (secondary N) is 1. The molecule has 10 heteroatoms. The van der Waals surface area contributed by atoms with Gasteiger partial charge in [0.25, 0.3) is 11.8 Å². The summed E-state index contributed by atoms with van der Waals surface area (Å²) < 4.78 is 5.36. The van der Waals surface area contributed by atoms with E-state index in [1.807, 2.05) is 35.2 Å². The number of hydrogen-bond acceptors (Lipinski definition) is 8. The van der Waals surface area contributed by atoms with Crippen LogP contribution in [-0.4, -0.2) is 62.7 Å². The first-order valence-corrected chi connectivity index (χ1v) is 10.6. The number of rotatable bonds is 5. The van der Waals surface area contributed by atoms with Gasteiger partial charge in [-0.05, 0) is 19.3 Å². The van der Waals surface area contributed by atoms with E-state index in [0.29, 0.717) is 48.9 Å². The largest absolute Gasteiger partial charge is 0.366 e. The smallest absolute Gasteiger partial charge is 0.278 e. The average Bonchev–Trinajstić information content (AvgIpc) is 3.37. The number of hydrogen-bond donors (Lipinski definition) is 1. The van der Waals surface area contributed by atoms with Gasteiger partial charge in [0.05, 0.1) is 0 Å². The van der Waals surface area contributed by atoms with E-state index in [2.05, 4.69) is 15.5 Å². The van der Waals surface area contributed by atoms with Crippen LogP contribution in [0, 0.1) is 0 Å². The zero-order chi connectivity index (χ0) is 22.2. The standard InChI is InChI=1S/C22H21N5O5/c28-16-9-8-15(20(29)23-16)27-21(30)14-7-4-11-26(18(14)22(27)31)12-10-17-24-19(25-32-17)13-5-2-1-3-6-13/h1-3,5-6,15H,4,7-12H2,(H,23,28,29). The summed E-state index contributed by atoms with van der Waals surface area (Å²) in [7, 11) is 0. The molecular weight excluding hydrogens is 414 g/mol. The van der Waals surface area contributed by atoms with E-state index in [9.17, 15) is 19.2 Å². The number of nitrogens with zero attached hydrogens (tertiary/aromatic N) is 4. The van der Waals surface area contributed by atoms with Gasteiger partial charge < -0.3 is 9.42 Å². The third-order valence-electron chi connectivity index (χ3n) is 5.97. The number of amides is 4. The minimum Gasteiger partial charge on any atom is -0.366 e. The molecule has 4 heterocycles. The van der Waals surface area contributed by atoms with Crippen LogP contribution >= 0.6 is 0 Å². The lowest BCUT2D eigenvalue weighted by Gasteiger charge is -2.30. The molecule has 1 atom stereocenters. The Morgan fingerprint density at radius 3 is 2.66 bits per heavy atom. The number of carbonyl (C=O) groups excluding carboxylic acids is 4. The van der Waals surface area contributed by atoms with Crippen molar-refractivity contribution in [3.8, 4) is 11.4 Å². The highest BCUT2D eigenvalue weighted by atomic mass is 16.5. The third kappa shape index (κ3) is 3.47. The van der Waals surface area contributed by atoms with Crippen molar-refractivity contribution in [2.24, 2.45) is 0 Å². The van der Waals surface area contributed by atoms with Gasteiger partial charge in [-0.25, -0.2) is 0 Å². The normalized spacial score (nSPS) is 21.3. The van der Waals surface area contributed by atoms with Crippen molar-refractivity contribution in [2.45, 2.75) is 38.1 Å². The van der Waals surface area contributed by atoms with Crippen LogP contribution in [0.3, 0.4) is 0 Å². The van der Waals surface area contributed by atoms with Crippen molar-refractivity contribution >= 4 is 23.6 Å². The first-order valence-electron chi connectivity index (χ1n) is 10.6. The van der Waals surface area contributed by atoms with Crippen molar-refractivity contribution in [1.82, 2.24) is 25.3 Å². The minimum atomic E-state index is -0.954. The summed E-state index contributed by atoms with van der Waals surface area (Å²) in [5, 5.41) is 6.23. The van der Waals surface area contributed by atoms with Crippen LogP contribution in [0.2, 0.25) is 0 Å². The molecule has 1 unspecified atom stereocenters. The van der Waals surface area contributed by atoms with Gasteiger partial charge in [-0.15, -0.1) is 0 Å². The molecule has 32 heavy (non-hydrogen) atoms. The molecule has 0 radical (unpaired) electrons. The Hall–Kier alpha value is -3.82. The molecule has 1 fully saturated rings. The molecule has 10 nitrogen and oxygen atoms in total. The summed E-state index contributed by atoms with van der Waals surface area (Å²) in [4.78, 5) is 57.2. The summed E-state index contributed by atoms with van der Waals surface area (Å²) in [6.07, 6.45) is 1.87. The summed E-state index contributed by atoms with van der Waals surface area (Å²) in [5.41, 5.74) is 1.62. The molecule has 5 rings (SSSR count). The molecule has 4 amide bonds. The first kappa shape index (κ1) is 20.1. The molecular formula is C22H21N5O5. The number of piperidine rings is 1. The Kier molecular flexibility index (Phi) is 5.04. The van der Waals surface area contributed by atoms with Crippen molar-refractivity contribution in [1.29, 1.82) is 0 Å². The maximum Gasteiger partial charge on any atom is 0.278 e. The molecule has 1 saturated heterocycles. The minimum absolute atomic E-state index is 0.1000. The SMILES string of the molecule is O=C1CCC(N2C(=O)C3=C(C2=O)N(CCc2nc(-c4ccccc4)no2)CCC3)C(=O)N1. The molecule has 1 aromatic carbocycles. The second-order valence-corrected chi connectivity index (χ2v) is 7.99. The van der Waals surface area contributed by atoms with E-state index < -0.39 is 23.8 Å². The Morgan fingerprint density at radius 2 is 1.88 bits per heavy atom. The fourth-order valence-electron chi connectivity index (χ4n) is 4.42. The van der Waals surface area contributed by atoms with E-state index in [1.165, 1.54) is 0 Å². The van der Waals surface area contributed by atoms with Gasteiger partial charge in [0, 0.05) is 37.1 Å². The van der Waals surface area contributed by atoms with Crippen LogP contribution in [-0.2, 0) is 25.6 Å². The van der Waals surface area contributed by atoms with Gasteiger partial charge in [-0.1, -0.05) is 35.5 Å². The zero-order valence-electron chi connectivity index (χ0n) is 17.2. The maximum atomic E-state index is 13.2. The predicted molar refractivity (Wildman–Crippen MR) is 109 cm³/mol.